The standard InChI is InChI=1S/C18H18ClNO3S2/c19-13-5-7-15(8-6-13)23-10-9-22-11-14(21)12-24-18-20-16-3-1-2-4-17(16)25-18/h1-8,14,21H,9-12H2/t14-/m0/s1. The van der Waals surface area contributed by atoms with Crippen LogP contribution in [0.3, 0.4) is 0 Å². The molecule has 3 aromatic rings. The fraction of sp³-hybridized carbons (Fsp3) is 0.278. The molecule has 3 rings (SSSR count). The summed E-state index contributed by atoms with van der Waals surface area (Å²) in [6.45, 7) is 1.13. The van der Waals surface area contributed by atoms with Crippen molar-refractivity contribution < 1.29 is 14.6 Å². The fourth-order valence-electron chi connectivity index (χ4n) is 2.10. The number of hydrogen-bond acceptors (Lipinski definition) is 6. The number of aliphatic hydroxyl groups is 1. The first-order valence-corrected chi connectivity index (χ1v) is 10.0. The van der Waals surface area contributed by atoms with E-state index in [0.717, 1.165) is 20.3 Å². The Morgan fingerprint density at radius 3 is 2.72 bits per heavy atom. The van der Waals surface area contributed by atoms with E-state index in [0.29, 0.717) is 24.0 Å². The minimum atomic E-state index is -0.535. The molecule has 1 aromatic heterocycles. The average Bonchev–Trinajstić information content (AvgIpc) is 3.04. The SMILES string of the molecule is O[C@@H](COCCOc1ccc(Cl)cc1)CSc1nc2ccccc2s1. The van der Waals surface area contributed by atoms with Crippen LogP contribution in [0.1, 0.15) is 0 Å². The Morgan fingerprint density at radius 1 is 1.12 bits per heavy atom. The van der Waals surface area contributed by atoms with Gasteiger partial charge in [0.05, 0.1) is 29.5 Å². The third-order valence-corrected chi connectivity index (χ3v) is 5.87. The molecule has 1 N–H and O–H groups in total. The van der Waals surface area contributed by atoms with E-state index in [1.165, 1.54) is 0 Å². The summed E-state index contributed by atoms with van der Waals surface area (Å²) in [5, 5.41) is 10.7. The van der Waals surface area contributed by atoms with Gasteiger partial charge in [-0.25, -0.2) is 4.98 Å². The number of hydrogen-bond donors (Lipinski definition) is 1. The summed E-state index contributed by atoms with van der Waals surface area (Å²) in [4.78, 5) is 4.53. The highest BCUT2D eigenvalue weighted by Crippen LogP contribution is 2.29. The third kappa shape index (κ3) is 5.87. The molecule has 0 aliphatic rings. The van der Waals surface area contributed by atoms with E-state index in [9.17, 15) is 5.11 Å². The van der Waals surface area contributed by atoms with E-state index in [1.54, 1.807) is 35.2 Å². The zero-order chi connectivity index (χ0) is 17.5. The zero-order valence-corrected chi connectivity index (χ0v) is 15.8. The molecule has 0 saturated heterocycles. The number of para-hydroxylation sites is 1. The number of thioether (sulfide) groups is 1. The van der Waals surface area contributed by atoms with Gasteiger partial charge in [0.2, 0.25) is 0 Å². The van der Waals surface area contributed by atoms with Crippen molar-refractivity contribution in [2.45, 2.75) is 10.4 Å². The van der Waals surface area contributed by atoms with Gasteiger partial charge in [-0.05, 0) is 36.4 Å². The molecular weight excluding hydrogens is 378 g/mol. The highest BCUT2D eigenvalue weighted by atomic mass is 35.5. The topological polar surface area (TPSA) is 51.6 Å². The zero-order valence-electron chi connectivity index (χ0n) is 13.4. The normalized spacial score (nSPS) is 12.4. The van der Waals surface area contributed by atoms with Crippen LogP contribution in [-0.2, 0) is 4.74 Å². The number of ether oxygens (including phenoxy) is 2. The van der Waals surface area contributed by atoms with Crippen molar-refractivity contribution in [3.63, 3.8) is 0 Å². The molecule has 0 saturated carbocycles. The summed E-state index contributed by atoms with van der Waals surface area (Å²) in [7, 11) is 0. The van der Waals surface area contributed by atoms with Crippen molar-refractivity contribution in [3.8, 4) is 5.75 Å². The van der Waals surface area contributed by atoms with Gasteiger partial charge < -0.3 is 14.6 Å². The molecule has 4 nitrogen and oxygen atoms in total. The van der Waals surface area contributed by atoms with Crippen LogP contribution in [0.15, 0.2) is 52.9 Å². The molecule has 0 amide bonds. The molecule has 0 aliphatic carbocycles. The van der Waals surface area contributed by atoms with Crippen molar-refractivity contribution in [1.29, 1.82) is 0 Å². The lowest BCUT2D eigenvalue weighted by atomic mass is 10.3. The van der Waals surface area contributed by atoms with Crippen LogP contribution < -0.4 is 4.74 Å². The first-order valence-electron chi connectivity index (χ1n) is 7.83. The van der Waals surface area contributed by atoms with Crippen LogP contribution in [0.25, 0.3) is 10.2 Å². The maximum Gasteiger partial charge on any atom is 0.151 e. The molecule has 132 valence electrons. The Labute approximate surface area is 159 Å². The minimum Gasteiger partial charge on any atom is -0.491 e. The van der Waals surface area contributed by atoms with Crippen LogP contribution in [0.4, 0.5) is 0 Å². The Bertz CT molecular complexity index is 761. The Balaban J connectivity index is 1.31. The molecule has 0 aliphatic heterocycles. The number of rotatable bonds is 9. The number of fused-ring (bicyclic) bond motifs is 1. The lowest BCUT2D eigenvalue weighted by Crippen LogP contribution is -2.20. The largest absolute Gasteiger partial charge is 0.491 e. The van der Waals surface area contributed by atoms with Crippen molar-refractivity contribution in [3.05, 3.63) is 53.6 Å². The summed E-state index contributed by atoms with van der Waals surface area (Å²) in [5.41, 5.74) is 1.00. The minimum absolute atomic E-state index is 0.280. The second kappa shape index (κ2) is 9.40. The molecule has 1 heterocycles. The monoisotopic (exact) mass is 395 g/mol. The lowest BCUT2D eigenvalue weighted by Gasteiger charge is -2.11. The number of aliphatic hydroxyl groups excluding tert-OH is 1. The van der Waals surface area contributed by atoms with Gasteiger partial charge in [0.1, 0.15) is 12.4 Å². The van der Waals surface area contributed by atoms with Crippen LogP contribution in [0, 0.1) is 0 Å². The molecule has 0 unspecified atom stereocenters. The quantitative estimate of drug-likeness (QED) is 0.427. The highest BCUT2D eigenvalue weighted by molar-refractivity contribution is 8.01. The Hall–Kier alpha value is -1.31. The van der Waals surface area contributed by atoms with E-state index >= 15 is 0 Å². The fourth-order valence-corrected chi connectivity index (χ4v) is 4.22. The molecule has 0 bridgehead atoms. The molecule has 7 heteroatoms. The number of halogens is 1. The van der Waals surface area contributed by atoms with Gasteiger partial charge in [0.25, 0.3) is 0 Å². The van der Waals surface area contributed by atoms with Gasteiger partial charge in [0, 0.05) is 10.8 Å². The second-order valence-corrected chi connectivity index (χ2v) is 8.02. The van der Waals surface area contributed by atoms with Crippen LogP contribution in [-0.4, -0.2) is 41.8 Å². The van der Waals surface area contributed by atoms with Crippen molar-refractivity contribution >= 4 is 44.9 Å². The maximum absolute atomic E-state index is 10.0. The maximum atomic E-state index is 10.0. The molecule has 0 radical (unpaired) electrons. The van der Waals surface area contributed by atoms with Gasteiger partial charge in [-0.3, -0.25) is 0 Å². The summed E-state index contributed by atoms with van der Waals surface area (Å²) in [6, 6.07) is 15.2. The van der Waals surface area contributed by atoms with Gasteiger partial charge in [-0.1, -0.05) is 35.5 Å². The van der Waals surface area contributed by atoms with Crippen molar-refractivity contribution in [2.75, 3.05) is 25.6 Å². The highest BCUT2D eigenvalue weighted by Gasteiger charge is 2.09. The number of thiazole rings is 1. The van der Waals surface area contributed by atoms with Crippen LogP contribution in [0.5, 0.6) is 5.75 Å². The van der Waals surface area contributed by atoms with Gasteiger partial charge in [-0.15, -0.1) is 11.3 Å². The molecule has 0 fully saturated rings. The van der Waals surface area contributed by atoms with Crippen molar-refractivity contribution in [1.82, 2.24) is 4.98 Å². The predicted molar refractivity (Wildman–Crippen MR) is 104 cm³/mol. The molecule has 25 heavy (non-hydrogen) atoms. The summed E-state index contributed by atoms with van der Waals surface area (Å²) in [5.74, 6) is 1.30. The summed E-state index contributed by atoms with van der Waals surface area (Å²) in [6.07, 6.45) is -0.535. The van der Waals surface area contributed by atoms with E-state index in [-0.39, 0.29) is 6.61 Å². The second-order valence-electron chi connectivity index (χ2n) is 5.29. The molecule has 0 spiro atoms. The first kappa shape index (κ1) is 18.5. The first-order chi connectivity index (χ1) is 12.2. The van der Waals surface area contributed by atoms with E-state index in [1.807, 2.05) is 30.3 Å². The van der Waals surface area contributed by atoms with E-state index in [4.69, 9.17) is 21.1 Å². The average molecular weight is 396 g/mol. The number of aromatic nitrogens is 1. The van der Waals surface area contributed by atoms with Gasteiger partial charge in [-0.2, -0.15) is 0 Å². The number of benzene rings is 2. The number of nitrogens with zero attached hydrogens (tertiary/aromatic N) is 1. The smallest absolute Gasteiger partial charge is 0.151 e. The van der Waals surface area contributed by atoms with E-state index < -0.39 is 6.10 Å². The third-order valence-electron chi connectivity index (χ3n) is 3.29. The van der Waals surface area contributed by atoms with Crippen LogP contribution >= 0.6 is 34.7 Å². The summed E-state index contributed by atoms with van der Waals surface area (Å²) < 4.78 is 13.1. The molecule has 1 atom stereocenters. The van der Waals surface area contributed by atoms with Gasteiger partial charge in [0.15, 0.2) is 4.34 Å². The predicted octanol–water partition coefficient (Wildman–Crippen LogP) is 4.50. The van der Waals surface area contributed by atoms with Crippen molar-refractivity contribution in [2.24, 2.45) is 0 Å². The van der Waals surface area contributed by atoms with Gasteiger partial charge >= 0.3 is 0 Å². The molecular formula is C18H18ClNO3S2. The summed E-state index contributed by atoms with van der Waals surface area (Å²) >= 11 is 9.00. The molecule has 2 aromatic carbocycles. The van der Waals surface area contributed by atoms with Crippen LogP contribution in [0.2, 0.25) is 5.02 Å². The van der Waals surface area contributed by atoms with E-state index in [2.05, 4.69) is 11.1 Å². The Morgan fingerprint density at radius 2 is 1.92 bits per heavy atom. The lowest BCUT2D eigenvalue weighted by molar-refractivity contribution is 0.0348. The Kier molecular flexibility index (Phi) is 6.95.